The summed E-state index contributed by atoms with van der Waals surface area (Å²) in [6, 6.07) is 10.0. The van der Waals surface area contributed by atoms with Gasteiger partial charge in [-0.2, -0.15) is 0 Å². The van der Waals surface area contributed by atoms with Crippen LogP contribution in [0.4, 0.5) is 5.13 Å². The number of thiazole rings is 1. The highest BCUT2D eigenvalue weighted by Crippen LogP contribution is 2.30. The molecule has 0 radical (unpaired) electrons. The number of thioether (sulfide) groups is 1. The molecule has 1 aromatic carbocycles. The predicted octanol–water partition coefficient (Wildman–Crippen LogP) is 5.17. The first kappa shape index (κ1) is 19.1. The molecule has 3 heterocycles. The van der Waals surface area contributed by atoms with Crippen molar-refractivity contribution < 1.29 is 9.21 Å². The molecular weight excluding hydrogens is 416 g/mol. The molecule has 0 aliphatic heterocycles. The Kier molecular flexibility index (Phi) is 5.18. The molecule has 3 aromatic heterocycles. The van der Waals surface area contributed by atoms with E-state index in [9.17, 15) is 4.79 Å². The smallest absolute Gasteiger partial charge is 0.293 e. The van der Waals surface area contributed by atoms with Gasteiger partial charge in [0.2, 0.25) is 0 Å². The van der Waals surface area contributed by atoms with E-state index in [-0.39, 0.29) is 11.7 Å². The number of furan rings is 1. The van der Waals surface area contributed by atoms with E-state index in [1.165, 1.54) is 35.3 Å². The Morgan fingerprint density at radius 2 is 2.17 bits per heavy atom. The highest BCUT2D eigenvalue weighted by atomic mass is 32.2. The van der Waals surface area contributed by atoms with Gasteiger partial charge in [0, 0.05) is 30.4 Å². The van der Waals surface area contributed by atoms with E-state index >= 15 is 0 Å². The average molecular weight is 437 g/mol. The molecule has 6 nitrogen and oxygen atoms in total. The van der Waals surface area contributed by atoms with Crippen molar-refractivity contribution in [2.75, 3.05) is 5.32 Å². The summed E-state index contributed by atoms with van der Waals surface area (Å²) in [6.45, 7) is 0. The van der Waals surface area contributed by atoms with E-state index < -0.39 is 0 Å². The van der Waals surface area contributed by atoms with Gasteiger partial charge >= 0.3 is 0 Å². The molecule has 1 aliphatic carbocycles. The van der Waals surface area contributed by atoms with Gasteiger partial charge in [0.1, 0.15) is 5.76 Å². The molecule has 4 aromatic rings. The summed E-state index contributed by atoms with van der Waals surface area (Å²) in [5, 5.41) is 6.29. The molecule has 0 spiro atoms. The molecule has 1 aliphatic rings. The minimum Gasteiger partial charge on any atom is -0.455 e. The maximum absolute atomic E-state index is 12.6. The van der Waals surface area contributed by atoms with Gasteiger partial charge in [0.25, 0.3) is 5.91 Å². The summed E-state index contributed by atoms with van der Waals surface area (Å²) in [5.74, 6) is 1.32. The Morgan fingerprint density at radius 3 is 3.03 bits per heavy atom. The first-order valence-corrected chi connectivity index (χ1v) is 11.6. The second kappa shape index (κ2) is 8.12. The molecule has 0 saturated carbocycles. The van der Waals surface area contributed by atoms with E-state index in [0.29, 0.717) is 10.9 Å². The molecule has 0 bridgehead atoms. The molecule has 5 rings (SSSR count). The third kappa shape index (κ3) is 3.93. The highest BCUT2D eigenvalue weighted by Gasteiger charge is 2.16. The van der Waals surface area contributed by atoms with Gasteiger partial charge in [-0.15, -0.1) is 11.3 Å². The largest absolute Gasteiger partial charge is 0.455 e. The van der Waals surface area contributed by atoms with Crippen molar-refractivity contribution in [1.29, 1.82) is 0 Å². The van der Waals surface area contributed by atoms with Crippen LogP contribution in [-0.4, -0.2) is 20.4 Å². The molecular formula is C22H20N4O2S2. The number of nitrogens with one attached hydrogen (secondary N) is 1. The molecule has 0 fully saturated rings. The van der Waals surface area contributed by atoms with E-state index in [2.05, 4.69) is 33.5 Å². The number of imidazole rings is 1. The van der Waals surface area contributed by atoms with Crippen LogP contribution in [0.5, 0.6) is 0 Å². The number of fused-ring (bicyclic) bond motifs is 1. The number of carbonyl (C=O) groups excluding carboxylic acids is 1. The maximum Gasteiger partial charge on any atom is 0.293 e. The van der Waals surface area contributed by atoms with Gasteiger partial charge in [0.05, 0.1) is 11.4 Å². The van der Waals surface area contributed by atoms with Crippen LogP contribution in [0.1, 0.15) is 33.9 Å². The number of aryl methyl sites for hydroxylation is 3. The number of hydrogen-bond donors (Lipinski definition) is 1. The number of rotatable bonds is 6. The SMILES string of the molecule is Cn1ccnc1SCc1ccc(C(=O)Nc2nc(-c3ccc4c(c3)CCC4)cs2)o1. The minimum atomic E-state index is -0.293. The lowest BCUT2D eigenvalue weighted by Crippen LogP contribution is -2.10. The van der Waals surface area contributed by atoms with E-state index in [1.807, 2.05) is 29.3 Å². The van der Waals surface area contributed by atoms with Gasteiger partial charge < -0.3 is 8.98 Å². The summed E-state index contributed by atoms with van der Waals surface area (Å²) >= 11 is 2.98. The van der Waals surface area contributed by atoms with Crippen LogP contribution in [0.2, 0.25) is 0 Å². The summed E-state index contributed by atoms with van der Waals surface area (Å²) in [4.78, 5) is 21.4. The standard InChI is InChI=1S/C22H20N4O2S2/c1-26-10-9-23-22(26)30-12-17-7-8-19(28-17)20(27)25-21-24-18(13-29-21)16-6-5-14-3-2-4-15(14)11-16/h5-11,13H,2-4,12H2,1H3,(H,24,25,27). The third-order valence-electron chi connectivity index (χ3n) is 5.12. The Labute approximate surface area is 182 Å². The van der Waals surface area contributed by atoms with Crippen LogP contribution in [0, 0.1) is 0 Å². The van der Waals surface area contributed by atoms with E-state index in [0.717, 1.165) is 28.6 Å². The molecule has 1 amide bonds. The van der Waals surface area contributed by atoms with Crippen LogP contribution in [0.3, 0.4) is 0 Å². The first-order valence-electron chi connectivity index (χ1n) is 9.73. The average Bonchev–Trinajstić information content (AvgIpc) is 3.53. The number of benzene rings is 1. The highest BCUT2D eigenvalue weighted by molar-refractivity contribution is 7.98. The zero-order valence-corrected chi connectivity index (χ0v) is 18.1. The van der Waals surface area contributed by atoms with Crippen molar-refractivity contribution >= 4 is 34.1 Å². The molecule has 0 atom stereocenters. The van der Waals surface area contributed by atoms with Crippen LogP contribution < -0.4 is 5.32 Å². The van der Waals surface area contributed by atoms with Crippen molar-refractivity contribution in [2.45, 2.75) is 30.2 Å². The maximum atomic E-state index is 12.6. The lowest BCUT2D eigenvalue weighted by atomic mass is 10.1. The van der Waals surface area contributed by atoms with Crippen molar-refractivity contribution in [3.8, 4) is 11.3 Å². The van der Waals surface area contributed by atoms with Gasteiger partial charge in [-0.3, -0.25) is 10.1 Å². The van der Waals surface area contributed by atoms with Gasteiger partial charge in [-0.1, -0.05) is 23.9 Å². The van der Waals surface area contributed by atoms with E-state index in [1.54, 1.807) is 24.0 Å². The minimum absolute atomic E-state index is 0.278. The number of aromatic nitrogens is 3. The van der Waals surface area contributed by atoms with Crippen molar-refractivity contribution in [3.63, 3.8) is 0 Å². The quantitative estimate of drug-likeness (QED) is 0.422. The lowest BCUT2D eigenvalue weighted by molar-refractivity contribution is 0.0995. The Hall–Kier alpha value is -2.84. The lowest BCUT2D eigenvalue weighted by Gasteiger charge is -2.02. The van der Waals surface area contributed by atoms with Crippen LogP contribution in [-0.2, 0) is 25.6 Å². The van der Waals surface area contributed by atoms with Crippen LogP contribution >= 0.6 is 23.1 Å². The summed E-state index contributed by atoms with van der Waals surface area (Å²) in [5.41, 5.74) is 4.84. The molecule has 0 saturated heterocycles. The van der Waals surface area contributed by atoms with Crippen molar-refractivity contribution in [1.82, 2.24) is 14.5 Å². The van der Waals surface area contributed by atoms with Crippen molar-refractivity contribution in [2.24, 2.45) is 7.05 Å². The van der Waals surface area contributed by atoms with Crippen LogP contribution in [0.15, 0.2) is 57.7 Å². The second-order valence-electron chi connectivity index (χ2n) is 7.20. The second-order valence-corrected chi connectivity index (χ2v) is 9.01. The number of nitrogens with zero attached hydrogens (tertiary/aromatic N) is 3. The van der Waals surface area contributed by atoms with Gasteiger partial charge in [-0.25, -0.2) is 9.97 Å². The molecule has 8 heteroatoms. The third-order valence-corrected chi connectivity index (χ3v) is 6.96. The number of amides is 1. The molecule has 152 valence electrons. The predicted molar refractivity (Wildman–Crippen MR) is 119 cm³/mol. The number of carbonyl (C=O) groups is 1. The fourth-order valence-corrected chi connectivity index (χ4v) is 5.10. The Balaban J connectivity index is 1.23. The summed E-state index contributed by atoms with van der Waals surface area (Å²) < 4.78 is 7.65. The van der Waals surface area contributed by atoms with Gasteiger partial charge in [-0.05, 0) is 48.6 Å². The zero-order valence-electron chi connectivity index (χ0n) is 16.4. The fourth-order valence-electron chi connectivity index (χ4n) is 3.56. The zero-order chi connectivity index (χ0) is 20.5. The van der Waals surface area contributed by atoms with E-state index in [4.69, 9.17) is 4.42 Å². The topological polar surface area (TPSA) is 73.0 Å². The Bertz CT molecular complexity index is 1210. The normalized spacial score (nSPS) is 12.8. The molecule has 0 unspecified atom stereocenters. The Morgan fingerprint density at radius 1 is 1.27 bits per heavy atom. The fraction of sp³-hybridized carbons (Fsp3) is 0.227. The number of hydrogen-bond acceptors (Lipinski definition) is 6. The van der Waals surface area contributed by atoms with Gasteiger partial charge in [0.15, 0.2) is 16.0 Å². The first-order chi connectivity index (χ1) is 14.7. The molecule has 30 heavy (non-hydrogen) atoms. The van der Waals surface area contributed by atoms with Crippen LogP contribution in [0.25, 0.3) is 11.3 Å². The number of anilines is 1. The summed E-state index contributed by atoms with van der Waals surface area (Å²) in [7, 11) is 1.95. The molecule has 1 N–H and O–H groups in total. The van der Waals surface area contributed by atoms with Crippen molar-refractivity contribution in [3.05, 3.63) is 70.8 Å². The monoisotopic (exact) mass is 436 g/mol. The summed E-state index contributed by atoms with van der Waals surface area (Å²) in [6.07, 6.45) is 7.18.